The number of nitrogens with one attached hydrogen (secondary N) is 1. The second-order valence-electron chi connectivity index (χ2n) is 4.94. The van der Waals surface area contributed by atoms with E-state index in [-0.39, 0.29) is 12.5 Å². The number of carbonyl (C=O) groups excluding carboxylic acids is 1. The number of rotatable bonds is 6. The van der Waals surface area contributed by atoms with Crippen molar-refractivity contribution in [3.63, 3.8) is 0 Å². The first-order chi connectivity index (χ1) is 8.91. The molecule has 0 spiro atoms. The largest absolute Gasteiger partial charge is 0.481 e. The number of carboxylic acid groups (broad SMARTS) is 2. The maximum atomic E-state index is 11.6. The van der Waals surface area contributed by atoms with Gasteiger partial charge in [-0.25, -0.2) is 0 Å². The van der Waals surface area contributed by atoms with E-state index >= 15 is 0 Å². The van der Waals surface area contributed by atoms with Crippen molar-refractivity contribution in [2.24, 2.45) is 17.6 Å². The van der Waals surface area contributed by atoms with Crippen molar-refractivity contribution in [3.05, 3.63) is 0 Å². The van der Waals surface area contributed by atoms with Crippen molar-refractivity contribution < 1.29 is 24.6 Å². The van der Waals surface area contributed by atoms with Crippen LogP contribution in [-0.4, -0.2) is 40.6 Å². The van der Waals surface area contributed by atoms with Crippen LogP contribution >= 0.6 is 0 Å². The maximum Gasteiger partial charge on any atom is 0.306 e. The Bertz CT molecular complexity index is 358. The van der Waals surface area contributed by atoms with Gasteiger partial charge in [0, 0.05) is 6.54 Å². The average molecular weight is 272 g/mol. The van der Waals surface area contributed by atoms with Crippen molar-refractivity contribution in [2.45, 2.75) is 38.1 Å². The van der Waals surface area contributed by atoms with Gasteiger partial charge in [-0.15, -0.1) is 0 Å². The molecular weight excluding hydrogens is 252 g/mol. The highest BCUT2D eigenvalue weighted by atomic mass is 16.4. The van der Waals surface area contributed by atoms with Gasteiger partial charge >= 0.3 is 11.9 Å². The lowest BCUT2D eigenvalue weighted by atomic mass is 9.79. The van der Waals surface area contributed by atoms with Crippen molar-refractivity contribution in [1.29, 1.82) is 0 Å². The zero-order valence-corrected chi connectivity index (χ0v) is 10.7. The SMILES string of the molecule is NC(CC(=O)O)C(=O)NCC1CCCCC1C(=O)O. The average Bonchev–Trinajstić information content (AvgIpc) is 2.35. The molecule has 7 heteroatoms. The number of aliphatic carboxylic acids is 2. The molecule has 7 nitrogen and oxygen atoms in total. The second kappa shape index (κ2) is 7.08. The minimum Gasteiger partial charge on any atom is -0.481 e. The van der Waals surface area contributed by atoms with Gasteiger partial charge in [0.05, 0.1) is 18.4 Å². The first-order valence-corrected chi connectivity index (χ1v) is 6.39. The van der Waals surface area contributed by atoms with E-state index in [1.54, 1.807) is 0 Å². The van der Waals surface area contributed by atoms with Crippen LogP contribution in [0, 0.1) is 11.8 Å². The van der Waals surface area contributed by atoms with Crippen LogP contribution in [0.4, 0.5) is 0 Å². The third-order valence-corrected chi connectivity index (χ3v) is 3.50. The molecule has 0 saturated heterocycles. The molecule has 1 aliphatic carbocycles. The predicted octanol–water partition coefficient (Wildman–Crippen LogP) is -0.204. The standard InChI is InChI=1S/C12H20N2O5/c13-9(5-10(15)16)11(17)14-6-7-3-1-2-4-8(7)12(18)19/h7-9H,1-6,13H2,(H,14,17)(H,15,16)(H,18,19). The van der Waals surface area contributed by atoms with Gasteiger partial charge in [0.15, 0.2) is 0 Å². The van der Waals surface area contributed by atoms with Crippen LogP contribution in [0.3, 0.4) is 0 Å². The van der Waals surface area contributed by atoms with Gasteiger partial charge in [-0.05, 0) is 18.8 Å². The van der Waals surface area contributed by atoms with Gasteiger partial charge in [0.1, 0.15) is 0 Å². The molecule has 1 aliphatic rings. The van der Waals surface area contributed by atoms with Gasteiger partial charge in [-0.2, -0.15) is 0 Å². The predicted molar refractivity (Wildman–Crippen MR) is 66.3 cm³/mol. The lowest BCUT2D eigenvalue weighted by Gasteiger charge is -2.28. The molecule has 1 amide bonds. The normalized spacial score (nSPS) is 24.5. The summed E-state index contributed by atoms with van der Waals surface area (Å²) in [5.74, 6) is -3.06. The Morgan fingerprint density at radius 1 is 1.21 bits per heavy atom. The fourth-order valence-electron chi connectivity index (χ4n) is 2.42. The molecule has 1 saturated carbocycles. The summed E-state index contributed by atoms with van der Waals surface area (Å²) >= 11 is 0. The molecule has 0 bridgehead atoms. The summed E-state index contributed by atoms with van der Waals surface area (Å²) in [4.78, 5) is 33.0. The van der Waals surface area contributed by atoms with Crippen LogP contribution in [0.5, 0.6) is 0 Å². The Labute approximate surface area is 111 Å². The highest BCUT2D eigenvalue weighted by Gasteiger charge is 2.31. The molecule has 1 rings (SSSR count). The highest BCUT2D eigenvalue weighted by Crippen LogP contribution is 2.29. The first-order valence-electron chi connectivity index (χ1n) is 6.39. The lowest BCUT2D eigenvalue weighted by Crippen LogP contribution is -2.45. The Balaban J connectivity index is 2.43. The van der Waals surface area contributed by atoms with Crippen LogP contribution in [0.25, 0.3) is 0 Å². The smallest absolute Gasteiger partial charge is 0.306 e. The summed E-state index contributed by atoms with van der Waals surface area (Å²) in [6, 6.07) is -1.09. The number of carboxylic acids is 2. The Morgan fingerprint density at radius 2 is 1.84 bits per heavy atom. The number of nitrogens with two attached hydrogens (primary N) is 1. The fraction of sp³-hybridized carbons (Fsp3) is 0.750. The van der Waals surface area contributed by atoms with E-state index in [2.05, 4.69) is 5.32 Å². The van der Waals surface area contributed by atoms with E-state index in [1.165, 1.54) is 0 Å². The zero-order chi connectivity index (χ0) is 14.4. The van der Waals surface area contributed by atoms with E-state index in [4.69, 9.17) is 15.9 Å². The molecule has 0 radical (unpaired) electrons. The van der Waals surface area contributed by atoms with Crippen LogP contribution in [0.15, 0.2) is 0 Å². The van der Waals surface area contributed by atoms with E-state index in [9.17, 15) is 14.4 Å². The van der Waals surface area contributed by atoms with Gasteiger partial charge in [0.25, 0.3) is 0 Å². The van der Waals surface area contributed by atoms with Crippen LogP contribution in [0.1, 0.15) is 32.1 Å². The van der Waals surface area contributed by atoms with Crippen molar-refractivity contribution in [3.8, 4) is 0 Å². The molecule has 3 unspecified atom stereocenters. The van der Waals surface area contributed by atoms with Crippen LogP contribution < -0.4 is 11.1 Å². The molecule has 3 atom stereocenters. The summed E-state index contributed by atoms with van der Waals surface area (Å²) in [6.45, 7) is 0.239. The minimum atomic E-state index is -1.14. The Morgan fingerprint density at radius 3 is 2.42 bits per heavy atom. The molecule has 0 heterocycles. The molecule has 0 aromatic carbocycles. The molecule has 108 valence electrons. The topological polar surface area (TPSA) is 130 Å². The van der Waals surface area contributed by atoms with Gasteiger partial charge < -0.3 is 21.3 Å². The molecule has 5 N–H and O–H groups in total. The summed E-state index contributed by atoms with van der Waals surface area (Å²) < 4.78 is 0. The molecule has 0 aromatic rings. The van der Waals surface area contributed by atoms with Gasteiger partial charge in [-0.1, -0.05) is 12.8 Å². The molecule has 0 aromatic heterocycles. The minimum absolute atomic E-state index is 0.104. The summed E-state index contributed by atoms with van der Waals surface area (Å²) in [5, 5.41) is 20.2. The number of carbonyl (C=O) groups is 3. The van der Waals surface area contributed by atoms with Crippen molar-refractivity contribution in [2.75, 3.05) is 6.54 Å². The second-order valence-corrected chi connectivity index (χ2v) is 4.94. The van der Waals surface area contributed by atoms with E-state index in [0.29, 0.717) is 6.42 Å². The van der Waals surface area contributed by atoms with E-state index < -0.39 is 36.2 Å². The van der Waals surface area contributed by atoms with Gasteiger partial charge in [-0.3, -0.25) is 14.4 Å². The number of hydrogen-bond acceptors (Lipinski definition) is 4. The Kier molecular flexibility index (Phi) is 5.75. The summed E-state index contributed by atoms with van der Waals surface area (Å²) in [5.41, 5.74) is 5.42. The third kappa shape index (κ3) is 4.86. The zero-order valence-electron chi connectivity index (χ0n) is 10.7. The molecule has 1 fully saturated rings. The number of amides is 1. The maximum absolute atomic E-state index is 11.6. The highest BCUT2D eigenvalue weighted by molar-refractivity contribution is 5.85. The van der Waals surface area contributed by atoms with Crippen molar-refractivity contribution in [1.82, 2.24) is 5.32 Å². The monoisotopic (exact) mass is 272 g/mol. The summed E-state index contributed by atoms with van der Waals surface area (Å²) in [6.07, 6.45) is 2.78. The van der Waals surface area contributed by atoms with Crippen LogP contribution in [0.2, 0.25) is 0 Å². The molecular formula is C12H20N2O5. The summed E-state index contributed by atoms with van der Waals surface area (Å²) in [7, 11) is 0. The Hall–Kier alpha value is -1.63. The quantitative estimate of drug-likeness (QED) is 0.529. The van der Waals surface area contributed by atoms with Crippen LogP contribution in [-0.2, 0) is 14.4 Å². The molecule has 19 heavy (non-hydrogen) atoms. The van der Waals surface area contributed by atoms with Gasteiger partial charge in [0.2, 0.25) is 5.91 Å². The van der Waals surface area contributed by atoms with E-state index in [0.717, 1.165) is 19.3 Å². The third-order valence-electron chi connectivity index (χ3n) is 3.50. The number of hydrogen-bond donors (Lipinski definition) is 4. The molecule has 0 aliphatic heterocycles. The van der Waals surface area contributed by atoms with E-state index in [1.807, 2.05) is 0 Å². The lowest BCUT2D eigenvalue weighted by molar-refractivity contribution is -0.145. The fourth-order valence-corrected chi connectivity index (χ4v) is 2.42. The van der Waals surface area contributed by atoms with Crippen molar-refractivity contribution >= 4 is 17.8 Å². The first kappa shape index (κ1) is 15.4.